The molecular weight excluding hydrogens is 407 g/mol. The second kappa shape index (κ2) is 8.68. The molecule has 0 saturated carbocycles. The van der Waals surface area contributed by atoms with Gasteiger partial charge < -0.3 is 19.7 Å². The number of nitrogens with one attached hydrogen (secondary N) is 1. The van der Waals surface area contributed by atoms with Crippen LogP contribution in [0.15, 0.2) is 29.5 Å². The summed E-state index contributed by atoms with van der Waals surface area (Å²) in [6.07, 6.45) is 5.83. The van der Waals surface area contributed by atoms with Crippen LogP contribution >= 0.6 is 24.0 Å². The SMILES string of the molecule is CN=C(NCCOc1cccnc1)N1CCC2(CCOC2)C1.I. The molecule has 2 fully saturated rings. The van der Waals surface area contributed by atoms with E-state index in [1.54, 1.807) is 12.4 Å². The number of hydrogen-bond donors (Lipinski definition) is 1. The normalized spacial score (nSPS) is 23.9. The van der Waals surface area contributed by atoms with Crippen LogP contribution in [-0.4, -0.2) is 62.3 Å². The van der Waals surface area contributed by atoms with Gasteiger partial charge in [-0.2, -0.15) is 0 Å². The fraction of sp³-hybridized carbons (Fsp3) is 0.625. The summed E-state index contributed by atoms with van der Waals surface area (Å²) in [4.78, 5) is 10.8. The number of guanidine groups is 1. The topological polar surface area (TPSA) is 59.0 Å². The van der Waals surface area contributed by atoms with E-state index in [1.165, 1.54) is 12.8 Å². The molecule has 1 atom stereocenters. The largest absolute Gasteiger partial charge is 0.490 e. The molecule has 2 saturated heterocycles. The van der Waals surface area contributed by atoms with Crippen LogP contribution in [0.4, 0.5) is 0 Å². The van der Waals surface area contributed by atoms with Gasteiger partial charge in [-0.25, -0.2) is 0 Å². The zero-order chi connectivity index (χ0) is 15.3. The Hall–Kier alpha value is -1.09. The predicted molar refractivity (Wildman–Crippen MR) is 101 cm³/mol. The molecule has 3 heterocycles. The highest BCUT2D eigenvalue weighted by Crippen LogP contribution is 2.38. The minimum atomic E-state index is 0. The molecule has 0 aliphatic carbocycles. The van der Waals surface area contributed by atoms with Crippen LogP contribution < -0.4 is 10.1 Å². The summed E-state index contributed by atoms with van der Waals surface area (Å²) >= 11 is 0. The van der Waals surface area contributed by atoms with Crippen molar-refractivity contribution in [2.45, 2.75) is 12.8 Å². The molecule has 0 aromatic carbocycles. The molecule has 1 N–H and O–H groups in total. The number of pyridine rings is 1. The number of aromatic nitrogens is 1. The lowest BCUT2D eigenvalue weighted by molar-refractivity contribution is 0.156. The second-order valence-electron chi connectivity index (χ2n) is 5.99. The number of nitrogens with zero attached hydrogens (tertiary/aromatic N) is 3. The quantitative estimate of drug-likeness (QED) is 0.340. The molecule has 0 bridgehead atoms. The van der Waals surface area contributed by atoms with Gasteiger partial charge in [0.2, 0.25) is 0 Å². The third-order valence-electron chi connectivity index (χ3n) is 4.42. The summed E-state index contributed by atoms with van der Waals surface area (Å²) in [5.41, 5.74) is 0.351. The summed E-state index contributed by atoms with van der Waals surface area (Å²) in [6, 6.07) is 3.78. The maximum atomic E-state index is 5.64. The Balaban J connectivity index is 0.00000192. The van der Waals surface area contributed by atoms with Crippen molar-refractivity contribution in [3.05, 3.63) is 24.5 Å². The number of rotatable bonds is 4. The molecule has 2 aliphatic rings. The minimum absolute atomic E-state index is 0. The second-order valence-corrected chi connectivity index (χ2v) is 5.99. The molecule has 1 aromatic heterocycles. The van der Waals surface area contributed by atoms with Crippen molar-refractivity contribution in [1.82, 2.24) is 15.2 Å². The minimum Gasteiger partial charge on any atom is -0.490 e. The summed E-state index contributed by atoms with van der Waals surface area (Å²) in [7, 11) is 1.83. The Morgan fingerprint density at radius 2 is 2.43 bits per heavy atom. The molecule has 2 aliphatic heterocycles. The van der Waals surface area contributed by atoms with Crippen LogP contribution in [0, 0.1) is 5.41 Å². The van der Waals surface area contributed by atoms with Gasteiger partial charge in [-0.1, -0.05) is 0 Å². The Kier molecular flexibility index (Phi) is 6.88. The van der Waals surface area contributed by atoms with E-state index in [2.05, 4.69) is 20.2 Å². The first-order chi connectivity index (χ1) is 10.8. The first-order valence-corrected chi connectivity index (χ1v) is 7.88. The van der Waals surface area contributed by atoms with Gasteiger partial charge >= 0.3 is 0 Å². The highest BCUT2D eigenvalue weighted by molar-refractivity contribution is 14.0. The Morgan fingerprint density at radius 3 is 3.13 bits per heavy atom. The third-order valence-corrected chi connectivity index (χ3v) is 4.42. The monoisotopic (exact) mass is 432 g/mol. The van der Waals surface area contributed by atoms with Crippen LogP contribution in [0.2, 0.25) is 0 Å². The molecular formula is C16H25IN4O2. The first-order valence-electron chi connectivity index (χ1n) is 7.88. The van der Waals surface area contributed by atoms with Crippen molar-refractivity contribution in [3.8, 4) is 5.75 Å². The first kappa shape index (κ1) is 18.3. The zero-order valence-electron chi connectivity index (χ0n) is 13.5. The van der Waals surface area contributed by atoms with Gasteiger partial charge in [0.15, 0.2) is 5.96 Å². The fourth-order valence-corrected chi connectivity index (χ4v) is 3.18. The fourth-order valence-electron chi connectivity index (χ4n) is 3.18. The van der Waals surface area contributed by atoms with Crippen LogP contribution in [0.25, 0.3) is 0 Å². The van der Waals surface area contributed by atoms with Crippen molar-refractivity contribution in [1.29, 1.82) is 0 Å². The lowest BCUT2D eigenvalue weighted by atomic mass is 9.87. The Bertz CT molecular complexity index is 506. The van der Waals surface area contributed by atoms with Crippen molar-refractivity contribution in [2.24, 2.45) is 10.4 Å². The highest BCUT2D eigenvalue weighted by atomic mass is 127. The van der Waals surface area contributed by atoms with Crippen molar-refractivity contribution >= 4 is 29.9 Å². The van der Waals surface area contributed by atoms with Gasteiger partial charge in [0.1, 0.15) is 12.4 Å². The van der Waals surface area contributed by atoms with E-state index in [4.69, 9.17) is 9.47 Å². The molecule has 23 heavy (non-hydrogen) atoms. The Morgan fingerprint density at radius 1 is 1.52 bits per heavy atom. The molecule has 1 unspecified atom stereocenters. The van der Waals surface area contributed by atoms with Crippen molar-refractivity contribution in [2.75, 3.05) is 46.5 Å². The number of likely N-dealkylation sites (tertiary alicyclic amines) is 1. The molecule has 7 heteroatoms. The van der Waals surface area contributed by atoms with Gasteiger partial charge in [0.05, 0.1) is 19.3 Å². The van der Waals surface area contributed by atoms with E-state index in [-0.39, 0.29) is 24.0 Å². The molecule has 1 aromatic rings. The average Bonchev–Trinajstić information content (AvgIpc) is 3.19. The van der Waals surface area contributed by atoms with Crippen LogP contribution in [0.3, 0.4) is 0 Å². The van der Waals surface area contributed by atoms with Gasteiger partial charge in [0, 0.05) is 38.4 Å². The number of ether oxygens (including phenoxy) is 2. The predicted octanol–water partition coefficient (Wildman–Crippen LogP) is 1.77. The standard InChI is InChI=1S/C16H24N4O2.HI/c1-17-15(19-7-10-22-14-3-2-6-18-11-14)20-8-4-16(12-20)5-9-21-13-16;/h2-3,6,11H,4-5,7-10,12-13H2,1H3,(H,17,19);1H. The highest BCUT2D eigenvalue weighted by Gasteiger charge is 2.42. The summed E-state index contributed by atoms with van der Waals surface area (Å²) in [5.74, 6) is 1.75. The van der Waals surface area contributed by atoms with E-state index in [9.17, 15) is 0 Å². The third kappa shape index (κ3) is 4.69. The van der Waals surface area contributed by atoms with Gasteiger partial charge in [-0.15, -0.1) is 24.0 Å². The number of halogens is 1. The summed E-state index contributed by atoms with van der Waals surface area (Å²) < 4.78 is 11.2. The van der Waals surface area contributed by atoms with E-state index in [1.807, 2.05) is 19.2 Å². The van der Waals surface area contributed by atoms with Crippen LogP contribution in [0.5, 0.6) is 5.75 Å². The van der Waals surface area contributed by atoms with Crippen molar-refractivity contribution in [3.63, 3.8) is 0 Å². The number of hydrogen-bond acceptors (Lipinski definition) is 4. The summed E-state index contributed by atoms with van der Waals surface area (Å²) in [5, 5.41) is 3.38. The van der Waals surface area contributed by atoms with Gasteiger partial charge in [-0.3, -0.25) is 9.98 Å². The molecule has 3 rings (SSSR count). The molecule has 0 amide bonds. The van der Waals surface area contributed by atoms with Crippen LogP contribution in [0.1, 0.15) is 12.8 Å². The average molecular weight is 432 g/mol. The number of aliphatic imine (C=N–C) groups is 1. The van der Waals surface area contributed by atoms with Gasteiger partial charge in [-0.05, 0) is 25.0 Å². The molecule has 128 valence electrons. The van der Waals surface area contributed by atoms with E-state index in [0.717, 1.165) is 44.6 Å². The lowest BCUT2D eigenvalue weighted by Crippen LogP contribution is -2.42. The maximum absolute atomic E-state index is 5.64. The summed E-state index contributed by atoms with van der Waals surface area (Å²) in [6.45, 7) is 5.19. The van der Waals surface area contributed by atoms with E-state index < -0.39 is 0 Å². The van der Waals surface area contributed by atoms with Crippen molar-refractivity contribution < 1.29 is 9.47 Å². The Labute approximate surface area is 154 Å². The molecule has 1 spiro atoms. The molecule has 0 radical (unpaired) electrons. The lowest BCUT2D eigenvalue weighted by Gasteiger charge is -2.24. The molecule has 6 nitrogen and oxygen atoms in total. The van der Waals surface area contributed by atoms with E-state index in [0.29, 0.717) is 12.0 Å². The van der Waals surface area contributed by atoms with E-state index >= 15 is 0 Å². The smallest absolute Gasteiger partial charge is 0.193 e. The zero-order valence-corrected chi connectivity index (χ0v) is 15.9. The maximum Gasteiger partial charge on any atom is 0.193 e. The van der Waals surface area contributed by atoms with Crippen LogP contribution in [-0.2, 0) is 4.74 Å². The van der Waals surface area contributed by atoms with Gasteiger partial charge in [0.25, 0.3) is 0 Å².